The van der Waals surface area contributed by atoms with Crippen molar-refractivity contribution in [1.82, 2.24) is 10.2 Å². The number of rotatable bonds is 9. The van der Waals surface area contributed by atoms with E-state index in [9.17, 15) is 4.79 Å². The molecule has 2 aromatic carbocycles. The smallest absolute Gasteiger partial charge is 0.277 e. The van der Waals surface area contributed by atoms with Gasteiger partial charge in [-0.1, -0.05) is 11.8 Å². The lowest BCUT2D eigenvalue weighted by atomic mass is 10.2. The van der Waals surface area contributed by atoms with Crippen LogP contribution in [0.3, 0.4) is 0 Å². The van der Waals surface area contributed by atoms with E-state index in [0.717, 1.165) is 11.8 Å². The molecule has 30 heavy (non-hydrogen) atoms. The number of carbonyl (C=O) groups excluding carboxylic acids is 1. The number of aromatic nitrogens is 2. The third kappa shape index (κ3) is 4.95. The predicted molar refractivity (Wildman–Crippen MR) is 112 cm³/mol. The second-order valence-corrected chi connectivity index (χ2v) is 6.77. The summed E-state index contributed by atoms with van der Waals surface area (Å²) in [7, 11) is 6.19. The topological polar surface area (TPSA) is 105 Å². The molecule has 3 aromatic rings. The van der Waals surface area contributed by atoms with Crippen molar-refractivity contribution in [1.29, 1.82) is 0 Å². The molecule has 0 spiro atoms. The molecule has 0 saturated heterocycles. The number of ether oxygens (including phenoxy) is 4. The van der Waals surface area contributed by atoms with Crippen LogP contribution in [0.15, 0.2) is 46.0 Å². The number of nitrogens with zero attached hydrogens (tertiary/aromatic N) is 2. The lowest BCUT2D eigenvalue weighted by Gasteiger charge is -2.11. The molecule has 1 heterocycles. The molecule has 0 aliphatic rings. The molecule has 0 atom stereocenters. The average Bonchev–Trinajstić information content (AvgIpc) is 3.26. The molecule has 0 fully saturated rings. The van der Waals surface area contributed by atoms with Crippen LogP contribution >= 0.6 is 11.8 Å². The molecule has 10 heteroatoms. The highest BCUT2D eigenvalue weighted by atomic mass is 32.2. The van der Waals surface area contributed by atoms with Gasteiger partial charge in [0.05, 0.1) is 39.9 Å². The van der Waals surface area contributed by atoms with Crippen LogP contribution in [0.2, 0.25) is 0 Å². The highest BCUT2D eigenvalue weighted by molar-refractivity contribution is 7.99. The van der Waals surface area contributed by atoms with Crippen LogP contribution in [-0.2, 0) is 4.79 Å². The van der Waals surface area contributed by atoms with Crippen molar-refractivity contribution in [3.63, 3.8) is 0 Å². The number of nitrogens with one attached hydrogen (secondary N) is 1. The fraction of sp³-hybridized carbons (Fsp3) is 0.250. The number of anilines is 1. The van der Waals surface area contributed by atoms with Gasteiger partial charge in [0, 0.05) is 11.6 Å². The Labute approximate surface area is 177 Å². The molecule has 0 aliphatic carbocycles. The molecule has 1 aromatic heterocycles. The van der Waals surface area contributed by atoms with Crippen LogP contribution in [0.1, 0.15) is 0 Å². The van der Waals surface area contributed by atoms with Crippen molar-refractivity contribution < 1.29 is 28.2 Å². The van der Waals surface area contributed by atoms with Gasteiger partial charge in [0.2, 0.25) is 11.8 Å². The predicted octanol–water partition coefficient (Wildman–Crippen LogP) is 3.50. The fourth-order valence-corrected chi connectivity index (χ4v) is 3.13. The van der Waals surface area contributed by atoms with E-state index in [1.807, 2.05) is 0 Å². The van der Waals surface area contributed by atoms with Crippen molar-refractivity contribution in [2.45, 2.75) is 5.22 Å². The minimum atomic E-state index is -0.241. The van der Waals surface area contributed by atoms with Crippen LogP contribution in [0.25, 0.3) is 11.5 Å². The molecule has 9 nitrogen and oxygen atoms in total. The Bertz CT molecular complexity index is 1020. The fourth-order valence-electron chi connectivity index (χ4n) is 2.57. The molecule has 0 unspecified atom stereocenters. The summed E-state index contributed by atoms with van der Waals surface area (Å²) in [6, 6.07) is 10.4. The first kappa shape index (κ1) is 21.3. The zero-order chi connectivity index (χ0) is 21.5. The largest absolute Gasteiger partial charge is 0.497 e. The Balaban J connectivity index is 1.62. The molecular weight excluding hydrogens is 410 g/mol. The van der Waals surface area contributed by atoms with Crippen LogP contribution in [0, 0.1) is 0 Å². The molecule has 0 bridgehead atoms. The monoisotopic (exact) mass is 431 g/mol. The zero-order valence-electron chi connectivity index (χ0n) is 16.9. The van der Waals surface area contributed by atoms with Gasteiger partial charge in [-0.2, -0.15) is 0 Å². The van der Waals surface area contributed by atoms with E-state index in [4.69, 9.17) is 23.4 Å². The van der Waals surface area contributed by atoms with Crippen LogP contribution < -0.4 is 24.3 Å². The van der Waals surface area contributed by atoms with Gasteiger partial charge >= 0.3 is 0 Å². The molecule has 1 N–H and O–H groups in total. The summed E-state index contributed by atoms with van der Waals surface area (Å²) in [5, 5.41) is 11.1. The van der Waals surface area contributed by atoms with Crippen molar-refractivity contribution in [3.05, 3.63) is 36.4 Å². The van der Waals surface area contributed by atoms with E-state index in [0.29, 0.717) is 40.1 Å². The maximum absolute atomic E-state index is 12.3. The Morgan fingerprint density at radius 3 is 2.40 bits per heavy atom. The van der Waals surface area contributed by atoms with Gasteiger partial charge < -0.3 is 28.7 Å². The van der Waals surface area contributed by atoms with Crippen LogP contribution in [-0.4, -0.2) is 50.3 Å². The number of amides is 1. The van der Waals surface area contributed by atoms with Gasteiger partial charge in [0.1, 0.15) is 11.5 Å². The molecule has 1 amide bonds. The van der Waals surface area contributed by atoms with Gasteiger partial charge in [0.25, 0.3) is 5.22 Å². The van der Waals surface area contributed by atoms with Gasteiger partial charge in [-0.15, -0.1) is 10.2 Å². The van der Waals surface area contributed by atoms with E-state index < -0.39 is 0 Å². The second-order valence-electron chi connectivity index (χ2n) is 5.85. The lowest BCUT2D eigenvalue weighted by molar-refractivity contribution is -0.113. The first-order valence-corrected chi connectivity index (χ1v) is 9.77. The first-order chi connectivity index (χ1) is 14.6. The van der Waals surface area contributed by atoms with E-state index in [1.54, 1.807) is 57.7 Å². The highest BCUT2D eigenvalue weighted by Crippen LogP contribution is 2.33. The number of methoxy groups -OCH3 is 4. The van der Waals surface area contributed by atoms with Crippen molar-refractivity contribution in [3.8, 4) is 34.5 Å². The summed E-state index contributed by atoms with van der Waals surface area (Å²) in [6.07, 6.45) is 0. The van der Waals surface area contributed by atoms with Gasteiger partial charge in [-0.25, -0.2) is 0 Å². The number of thioether (sulfide) groups is 1. The summed E-state index contributed by atoms with van der Waals surface area (Å²) in [4.78, 5) is 12.3. The lowest BCUT2D eigenvalue weighted by Crippen LogP contribution is -2.14. The minimum absolute atomic E-state index is 0.0861. The maximum atomic E-state index is 12.3. The van der Waals surface area contributed by atoms with E-state index in [-0.39, 0.29) is 16.9 Å². The summed E-state index contributed by atoms with van der Waals surface area (Å²) in [6.45, 7) is 0. The van der Waals surface area contributed by atoms with Gasteiger partial charge in [-0.05, 0) is 30.3 Å². The molecule has 0 aliphatic heterocycles. The summed E-state index contributed by atoms with van der Waals surface area (Å²) < 4.78 is 26.6. The van der Waals surface area contributed by atoms with Gasteiger partial charge in [-0.3, -0.25) is 4.79 Å². The number of hydrogen-bond donors (Lipinski definition) is 1. The average molecular weight is 431 g/mol. The van der Waals surface area contributed by atoms with Crippen LogP contribution in [0.5, 0.6) is 23.0 Å². The van der Waals surface area contributed by atoms with Crippen molar-refractivity contribution >= 4 is 23.4 Å². The van der Waals surface area contributed by atoms with Gasteiger partial charge in [0.15, 0.2) is 11.5 Å². The summed E-state index contributed by atoms with van der Waals surface area (Å²) >= 11 is 1.13. The number of hydrogen-bond acceptors (Lipinski definition) is 9. The molecular formula is C20H21N3O6S. The minimum Gasteiger partial charge on any atom is -0.497 e. The van der Waals surface area contributed by atoms with E-state index in [2.05, 4.69) is 15.5 Å². The normalized spacial score (nSPS) is 10.4. The highest BCUT2D eigenvalue weighted by Gasteiger charge is 2.15. The molecule has 3 rings (SSSR count). The van der Waals surface area contributed by atoms with E-state index in [1.165, 1.54) is 7.11 Å². The molecule has 0 radical (unpaired) electrons. The zero-order valence-corrected chi connectivity index (χ0v) is 17.7. The Kier molecular flexibility index (Phi) is 7.02. The molecule has 0 saturated carbocycles. The summed E-state index contributed by atoms with van der Waals surface area (Å²) in [5.74, 6) is 2.44. The van der Waals surface area contributed by atoms with Crippen molar-refractivity contribution in [2.24, 2.45) is 0 Å². The quantitative estimate of drug-likeness (QED) is 0.510. The SMILES string of the molecule is COc1ccc(NC(=O)CSc2nnc(-c3ccc(OC)c(OC)c3)o2)c(OC)c1. The Morgan fingerprint density at radius 1 is 0.933 bits per heavy atom. The Hall–Kier alpha value is -3.40. The van der Waals surface area contributed by atoms with Crippen molar-refractivity contribution in [2.75, 3.05) is 39.5 Å². The van der Waals surface area contributed by atoms with Crippen LogP contribution in [0.4, 0.5) is 5.69 Å². The maximum Gasteiger partial charge on any atom is 0.277 e. The Morgan fingerprint density at radius 2 is 1.70 bits per heavy atom. The van der Waals surface area contributed by atoms with E-state index >= 15 is 0 Å². The summed E-state index contributed by atoms with van der Waals surface area (Å²) in [5.41, 5.74) is 1.22. The number of carbonyl (C=O) groups is 1. The number of benzene rings is 2. The third-order valence-corrected chi connectivity index (χ3v) is 4.86. The third-order valence-electron chi connectivity index (χ3n) is 4.05. The standard InChI is InChI=1S/C20H21N3O6S/c1-25-13-6-7-14(16(10-13)27-3)21-18(24)11-30-20-23-22-19(29-20)12-5-8-15(26-2)17(9-12)28-4/h5-10H,11H2,1-4H3,(H,21,24). The second kappa shape index (κ2) is 9.88. The first-order valence-electron chi connectivity index (χ1n) is 8.78. The molecule has 158 valence electrons.